The van der Waals surface area contributed by atoms with E-state index in [1.54, 1.807) is 0 Å². The third-order valence-electron chi connectivity index (χ3n) is 9.60. The highest BCUT2D eigenvalue weighted by atomic mass is 14.9. The molecule has 0 saturated heterocycles. The molecule has 1 rings (SSSR count). The molecule has 0 spiro atoms. The smallest absolute Gasteiger partial charge is 0.00796 e. The third kappa shape index (κ3) is 2.67. The molecule has 26 heavy (non-hydrogen) atoms. The molecule has 3 atom stereocenters. The SMILES string of the molecule is CC(C)CC(C)CC(C)(C)C1(C(C)(C)C)C(C)(C)C(C)(C)C1(C)C(C)C. The number of rotatable bonds is 6. The van der Waals surface area contributed by atoms with Gasteiger partial charge in [-0.25, -0.2) is 0 Å². The van der Waals surface area contributed by atoms with E-state index in [0.717, 1.165) is 11.8 Å². The highest BCUT2D eigenvalue weighted by molar-refractivity contribution is 5.31. The van der Waals surface area contributed by atoms with Crippen LogP contribution in [0.1, 0.15) is 117 Å². The van der Waals surface area contributed by atoms with E-state index in [-0.39, 0.29) is 16.2 Å². The quantitative estimate of drug-likeness (QED) is 0.441. The molecule has 1 saturated carbocycles. The van der Waals surface area contributed by atoms with Gasteiger partial charge < -0.3 is 0 Å². The Morgan fingerprint density at radius 3 is 1.42 bits per heavy atom. The van der Waals surface area contributed by atoms with Crippen molar-refractivity contribution in [2.45, 2.75) is 117 Å². The van der Waals surface area contributed by atoms with Crippen LogP contribution in [0.4, 0.5) is 0 Å². The predicted octanol–water partition coefficient (Wildman–Crippen LogP) is 8.85. The van der Waals surface area contributed by atoms with E-state index in [1.807, 2.05) is 0 Å². The average molecular weight is 365 g/mol. The summed E-state index contributed by atoms with van der Waals surface area (Å²) in [6.45, 7) is 37.9. The Hall–Kier alpha value is 0. The van der Waals surface area contributed by atoms with Gasteiger partial charge in [-0.05, 0) is 63.1 Å². The van der Waals surface area contributed by atoms with E-state index in [0.29, 0.717) is 22.2 Å². The van der Waals surface area contributed by atoms with Gasteiger partial charge in [-0.1, -0.05) is 104 Å². The van der Waals surface area contributed by atoms with E-state index < -0.39 is 0 Å². The summed E-state index contributed by atoms with van der Waals surface area (Å²) >= 11 is 0. The molecule has 1 aliphatic rings. The maximum Gasteiger partial charge on any atom is -0.00796 e. The lowest BCUT2D eigenvalue weighted by molar-refractivity contribution is -0.407. The van der Waals surface area contributed by atoms with Crippen molar-refractivity contribution in [1.82, 2.24) is 0 Å². The minimum Gasteiger partial charge on any atom is -0.0628 e. The van der Waals surface area contributed by atoms with Crippen molar-refractivity contribution in [2.24, 2.45) is 50.2 Å². The Morgan fingerprint density at radius 1 is 0.692 bits per heavy atom. The molecule has 1 fully saturated rings. The van der Waals surface area contributed by atoms with E-state index in [1.165, 1.54) is 12.8 Å². The molecule has 0 aromatic carbocycles. The van der Waals surface area contributed by atoms with E-state index in [4.69, 9.17) is 0 Å². The van der Waals surface area contributed by atoms with Gasteiger partial charge in [0.05, 0.1) is 0 Å². The highest BCUT2D eigenvalue weighted by Crippen LogP contribution is 2.89. The molecule has 0 radical (unpaired) electrons. The van der Waals surface area contributed by atoms with Gasteiger partial charge in [0.2, 0.25) is 0 Å². The summed E-state index contributed by atoms with van der Waals surface area (Å²) in [5.41, 5.74) is 1.74. The van der Waals surface area contributed by atoms with Crippen LogP contribution in [0.15, 0.2) is 0 Å². The van der Waals surface area contributed by atoms with Gasteiger partial charge in [0.25, 0.3) is 0 Å². The first-order valence-electron chi connectivity index (χ1n) is 11.3. The van der Waals surface area contributed by atoms with Gasteiger partial charge in [0.1, 0.15) is 0 Å². The standard InChI is InChI=1S/C26H52/c1-18(2)16-20(5)17-22(9,10)26(21(6,7)8)24(13,14)23(11,12)25(26,15)19(3)4/h18-20H,16-17H2,1-15H3. The van der Waals surface area contributed by atoms with Crippen LogP contribution in [-0.2, 0) is 0 Å². The minimum absolute atomic E-state index is 0.256. The Kier molecular flexibility index (Phi) is 6.03. The first-order chi connectivity index (χ1) is 11.3. The molecule has 0 aromatic heterocycles. The van der Waals surface area contributed by atoms with Crippen LogP contribution < -0.4 is 0 Å². The van der Waals surface area contributed by atoms with Gasteiger partial charge in [0, 0.05) is 0 Å². The molecular weight excluding hydrogens is 312 g/mol. The molecule has 0 aromatic rings. The monoisotopic (exact) mass is 364 g/mol. The van der Waals surface area contributed by atoms with Crippen LogP contribution in [0.5, 0.6) is 0 Å². The third-order valence-corrected chi connectivity index (χ3v) is 9.60. The summed E-state index contributed by atoms with van der Waals surface area (Å²) in [6.07, 6.45) is 2.66. The summed E-state index contributed by atoms with van der Waals surface area (Å²) < 4.78 is 0. The fourth-order valence-corrected chi connectivity index (χ4v) is 9.52. The van der Waals surface area contributed by atoms with Crippen LogP contribution >= 0.6 is 0 Å². The lowest BCUT2D eigenvalue weighted by Gasteiger charge is -2.88. The van der Waals surface area contributed by atoms with Gasteiger partial charge in [-0.15, -0.1) is 0 Å². The molecule has 3 unspecified atom stereocenters. The second-order valence-corrected chi connectivity index (χ2v) is 13.4. The summed E-state index contributed by atoms with van der Waals surface area (Å²) in [6, 6.07) is 0. The normalized spacial score (nSPS) is 32.7. The molecule has 0 amide bonds. The molecule has 0 nitrogen and oxygen atoms in total. The molecule has 0 bridgehead atoms. The topological polar surface area (TPSA) is 0 Å². The fraction of sp³-hybridized carbons (Fsp3) is 1.00. The maximum absolute atomic E-state index is 2.63. The Balaban J connectivity index is 3.67. The first kappa shape index (κ1) is 24.0. The summed E-state index contributed by atoms with van der Waals surface area (Å²) in [5.74, 6) is 2.23. The summed E-state index contributed by atoms with van der Waals surface area (Å²) in [4.78, 5) is 0. The summed E-state index contributed by atoms with van der Waals surface area (Å²) in [7, 11) is 0. The highest BCUT2D eigenvalue weighted by Gasteiger charge is 2.84. The molecule has 0 aliphatic heterocycles. The van der Waals surface area contributed by atoms with Crippen molar-refractivity contribution < 1.29 is 0 Å². The lowest BCUT2D eigenvalue weighted by atomic mass is 9.16. The Morgan fingerprint density at radius 2 is 1.12 bits per heavy atom. The van der Waals surface area contributed by atoms with Gasteiger partial charge >= 0.3 is 0 Å². The van der Waals surface area contributed by atoms with E-state index >= 15 is 0 Å². The predicted molar refractivity (Wildman–Crippen MR) is 119 cm³/mol. The van der Waals surface area contributed by atoms with Gasteiger partial charge in [0.15, 0.2) is 0 Å². The lowest BCUT2D eigenvalue weighted by Crippen LogP contribution is -2.83. The van der Waals surface area contributed by atoms with Crippen LogP contribution in [0, 0.1) is 50.2 Å². The molecular formula is C26H52. The van der Waals surface area contributed by atoms with Crippen LogP contribution in [0.2, 0.25) is 0 Å². The zero-order valence-electron chi connectivity index (χ0n) is 21.1. The molecule has 0 heteroatoms. The van der Waals surface area contributed by atoms with Crippen LogP contribution in [-0.4, -0.2) is 0 Å². The van der Waals surface area contributed by atoms with Crippen molar-refractivity contribution in [3.8, 4) is 0 Å². The van der Waals surface area contributed by atoms with Crippen LogP contribution in [0.3, 0.4) is 0 Å². The van der Waals surface area contributed by atoms with Crippen molar-refractivity contribution in [3.63, 3.8) is 0 Å². The van der Waals surface area contributed by atoms with Crippen LogP contribution in [0.25, 0.3) is 0 Å². The second-order valence-electron chi connectivity index (χ2n) is 13.4. The fourth-order valence-electron chi connectivity index (χ4n) is 9.52. The average Bonchev–Trinajstić information content (AvgIpc) is 2.33. The minimum atomic E-state index is 0.256. The number of hydrogen-bond donors (Lipinski definition) is 0. The molecule has 0 N–H and O–H groups in total. The molecule has 156 valence electrons. The zero-order valence-corrected chi connectivity index (χ0v) is 21.1. The Labute approximate surface area is 167 Å². The van der Waals surface area contributed by atoms with Crippen molar-refractivity contribution in [2.75, 3.05) is 0 Å². The number of hydrogen-bond acceptors (Lipinski definition) is 0. The largest absolute Gasteiger partial charge is 0.0628 e. The van der Waals surface area contributed by atoms with Gasteiger partial charge in [-0.2, -0.15) is 0 Å². The van der Waals surface area contributed by atoms with Crippen molar-refractivity contribution in [3.05, 3.63) is 0 Å². The molecule has 1 aliphatic carbocycles. The Bertz CT molecular complexity index is 497. The van der Waals surface area contributed by atoms with Crippen molar-refractivity contribution in [1.29, 1.82) is 0 Å². The van der Waals surface area contributed by atoms with Gasteiger partial charge in [-0.3, -0.25) is 0 Å². The molecule has 0 heterocycles. The second kappa shape index (κ2) is 6.52. The van der Waals surface area contributed by atoms with E-state index in [2.05, 4.69) is 104 Å². The zero-order chi connectivity index (χ0) is 21.1. The maximum atomic E-state index is 2.63. The first-order valence-corrected chi connectivity index (χ1v) is 11.3. The van der Waals surface area contributed by atoms with E-state index in [9.17, 15) is 0 Å². The summed E-state index contributed by atoms with van der Waals surface area (Å²) in [5, 5.41) is 0. The van der Waals surface area contributed by atoms with Crippen molar-refractivity contribution >= 4 is 0 Å².